The Balaban J connectivity index is 2.00. The van der Waals surface area contributed by atoms with Crippen molar-refractivity contribution in [3.63, 3.8) is 0 Å². The van der Waals surface area contributed by atoms with Crippen LogP contribution >= 0.6 is 15.9 Å². The van der Waals surface area contributed by atoms with E-state index in [4.69, 9.17) is 4.98 Å². The van der Waals surface area contributed by atoms with E-state index in [0.29, 0.717) is 29.6 Å². The maximum Gasteiger partial charge on any atom is 0.332 e. The van der Waals surface area contributed by atoms with E-state index < -0.39 is 0 Å². The van der Waals surface area contributed by atoms with E-state index in [1.54, 1.807) is 14.0 Å². The molecule has 0 fully saturated rings. The number of fused-ring (bicyclic) bond motifs is 3. The van der Waals surface area contributed by atoms with Gasteiger partial charge in [-0.3, -0.25) is 13.9 Å². The molecule has 0 amide bonds. The highest BCUT2D eigenvalue weighted by Crippen LogP contribution is 2.33. The van der Waals surface area contributed by atoms with Gasteiger partial charge in [0.15, 0.2) is 11.2 Å². The number of rotatable bonds is 3. The maximum atomic E-state index is 13.2. The Morgan fingerprint density at radius 3 is 2.57 bits per heavy atom. The highest BCUT2D eigenvalue weighted by molar-refractivity contribution is 9.10. The Bertz CT molecular complexity index is 1200. The lowest BCUT2D eigenvalue weighted by molar-refractivity contribution is 0.458. The summed E-state index contributed by atoms with van der Waals surface area (Å²) in [6.45, 7) is 9.47. The molecule has 0 radical (unpaired) electrons. The number of aryl methyl sites for hydroxylation is 1. The van der Waals surface area contributed by atoms with E-state index in [1.807, 2.05) is 28.8 Å². The van der Waals surface area contributed by atoms with Crippen molar-refractivity contribution in [2.24, 2.45) is 13.0 Å². The number of allylic oxidation sites excluding steroid dienone is 1. The molecule has 0 bridgehead atoms. The van der Waals surface area contributed by atoms with Gasteiger partial charge in [-0.25, -0.2) is 4.79 Å². The van der Waals surface area contributed by atoms with Crippen LogP contribution < -0.4 is 16.1 Å². The molecule has 146 valence electrons. The highest BCUT2D eigenvalue weighted by Gasteiger charge is 2.29. The minimum atomic E-state index is -0.376. The first kappa shape index (κ1) is 18.7. The zero-order chi connectivity index (χ0) is 20.2. The summed E-state index contributed by atoms with van der Waals surface area (Å²) in [4.78, 5) is 32.7. The van der Waals surface area contributed by atoms with Gasteiger partial charge in [-0.1, -0.05) is 35.0 Å². The molecular weight excluding hydrogens is 422 g/mol. The van der Waals surface area contributed by atoms with Gasteiger partial charge >= 0.3 is 5.69 Å². The Kier molecular flexibility index (Phi) is 4.53. The van der Waals surface area contributed by atoms with E-state index in [-0.39, 0.29) is 17.8 Å². The minimum absolute atomic E-state index is 0.202. The standard InChI is InChI=1S/C20H22BrN5O2/c1-12(2)9-26-18(27)16-17(23(4)20(26)28)22-19-24(10-13(3)11-25(16)19)15-7-5-14(21)6-8-15/h5-8,13H,1,9-11H2,2-4H3/t13-/m0/s1. The predicted molar refractivity (Wildman–Crippen MR) is 114 cm³/mol. The number of hydrogen-bond donors (Lipinski definition) is 0. The average Bonchev–Trinajstić information content (AvgIpc) is 3.03. The third kappa shape index (κ3) is 2.92. The summed E-state index contributed by atoms with van der Waals surface area (Å²) < 4.78 is 5.64. The molecule has 8 heteroatoms. The van der Waals surface area contributed by atoms with Crippen molar-refractivity contribution < 1.29 is 0 Å². The maximum absolute atomic E-state index is 13.2. The Labute approximate surface area is 170 Å². The fourth-order valence-corrected chi connectivity index (χ4v) is 4.02. The van der Waals surface area contributed by atoms with Crippen LogP contribution in [0, 0.1) is 5.92 Å². The van der Waals surface area contributed by atoms with Gasteiger partial charge in [-0.15, -0.1) is 0 Å². The van der Waals surface area contributed by atoms with Gasteiger partial charge in [0.2, 0.25) is 5.95 Å². The molecule has 0 saturated heterocycles. The summed E-state index contributed by atoms with van der Waals surface area (Å²) in [6, 6.07) is 8.00. The fourth-order valence-electron chi connectivity index (χ4n) is 3.75. The Morgan fingerprint density at radius 1 is 1.25 bits per heavy atom. The Hall–Kier alpha value is -2.61. The van der Waals surface area contributed by atoms with Crippen LogP contribution in [0.3, 0.4) is 0 Å². The molecule has 0 aliphatic carbocycles. The average molecular weight is 444 g/mol. The van der Waals surface area contributed by atoms with Gasteiger partial charge in [-0.05, 0) is 37.1 Å². The van der Waals surface area contributed by atoms with Crippen molar-refractivity contribution in [1.82, 2.24) is 18.7 Å². The van der Waals surface area contributed by atoms with Crippen molar-refractivity contribution in [2.75, 3.05) is 11.4 Å². The summed E-state index contributed by atoms with van der Waals surface area (Å²) in [5.41, 5.74) is 1.94. The van der Waals surface area contributed by atoms with Gasteiger partial charge in [0.1, 0.15) is 0 Å². The second kappa shape index (κ2) is 6.77. The first-order valence-electron chi connectivity index (χ1n) is 9.15. The molecule has 0 spiro atoms. The largest absolute Gasteiger partial charge is 0.332 e. The lowest BCUT2D eigenvalue weighted by atomic mass is 10.1. The van der Waals surface area contributed by atoms with Crippen LogP contribution in [-0.2, 0) is 20.1 Å². The minimum Gasteiger partial charge on any atom is -0.312 e. The lowest BCUT2D eigenvalue weighted by Gasteiger charge is -2.33. The van der Waals surface area contributed by atoms with Crippen LogP contribution in [0.25, 0.3) is 11.2 Å². The number of hydrogen-bond acceptors (Lipinski definition) is 4. The van der Waals surface area contributed by atoms with Crippen LogP contribution in [0.5, 0.6) is 0 Å². The first-order valence-corrected chi connectivity index (χ1v) is 9.94. The molecule has 1 aliphatic heterocycles. The van der Waals surface area contributed by atoms with Crippen molar-refractivity contribution in [3.8, 4) is 0 Å². The summed E-state index contributed by atoms with van der Waals surface area (Å²) >= 11 is 3.47. The molecule has 1 atom stereocenters. The van der Waals surface area contributed by atoms with Gasteiger partial charge in [0.05, 0.1) is 6.54 Å². The fraction of sp³-hybridized carbons (Fsp3) is 0.350. The van der Waals surface area contributed by atoms with Crippen LogP contribution in [0.2, 0.25) is 0 Å². The van der Waals surface area contributed by atoms with Crippen LogP contribution in [0.4, 0.5) is 11.6 Å². The smallest absolute Gasteiger partial charge is 0.312 e. The van der Waals surface area contributed by atoms with Crippen molar-refractivity contribution in [1.29, 1.82) is 0 Å². The molecule has 3 aromatic rings. The highest BCUT2D eigenvalue weighted by atomic mass is 79.9. The summed E-state index contributed by atoms with van der Waals surface area (Å²) in [7, 11) is 1.66. The summed E-state index contributed by atoms with van der Waals surface area (Å²) in [5, 5.41) is 0. The zero-order valence-corrected chi connectivity index (χ0v) is 17.7. The topological polar surface area (TPSA) is 65.1 Å². The molecule has 1 aromatic carbocycles. The lowest BCUT2D eigenvalue weighted by Crippen LogP contribution is -2.40. The quantitative estimate of drug-likeness (QED) is 0.583. The zero-order valence-electron chi connectivity index (χ0n) is 16.1. The molecule has 7 nitrogen and oxygen atoms in total. The van der Waals surface area contributed by atoms with Crippen molar-refractivity contribution >= 4 is 38.7 Å². The van der Waals surface area contributed by atoms with Crippen LogP contribution in [0.15, 0.2) is 50.5 Å². The third-order valence-electron chi connectivity index (χ3n) is 5.01. The van der Waals surface area contributed by atoms with Crippen LogP contribution in [-0.4, -0.2) is 25.2 Å². The Morgan fingerprint density at radius 2 is 1.93 bits per heavy atom. The SMILES string of the molecule is C=C(C)Cn1c(=O)c2c(nc3n2C[C@@H](C)CN3c2ccc(Br)cc2)n(C)c1=O. The van der Waals surface area contributed by atoms with E-state index in [2.05, 4.69) is 34.3 Å². The number of nitrogens with zero attached hydrogens (tertiary/aromatic N) is 5. The van der Waals surface area contributed by atoms with Crippen molar-refractivity contribution in [2.45, 2.75) is 26.9 Å². The second-order valence-electron chi connectivity index (χ2n) is 7.58. The molecule has 1 aliphatic rings. The molecule has 4 rings (SSSR count). The molecule has 28 heavy (non-hydrogen) atoms. The van der Waals surface area contributed by atoms with Crippen LogP contribution in [0.1, 0.15) is 13.8 Å². The number of benzene rings is 1. The number of anilines is 2. The molecule has 0 unspecified atom stereocenters. The predicted octanol–water partition coefficient (Wildman–Crippen LogP) is 3.02. The van der Waals surface area contributed by atoms with E-state index in [9.17, 15) is 9.59 Å². The molecule has 2 aromatic heterocycles. The molecular formula is C20H22BrN5O2. The number of halogens is 1. The van der Waals surface area contributed by atoms with E-state index in [1.165, 1.54) is 9.13 Å². The van der Waals surface area contributed by atoms with E-state index >= 15 is 0 Å². The van der Waals surface area contributed by atoms with E-state index in [0.717, 1.165) is 22.3 Å². The van der Waals surface area contributed by atoms with Gasteiger partial charge < -0.3 is 9.47 Å². The van der Waals surface area contributed by atoms with Crippen molar-refractivity contribution in [3.05, 3.63) is 61.7 Å². The number of imidazole rings is 1. The van der Waals surface area contributed by atoms with Gasteiger partial charge in [0.25, 0.3) is 5.56 Å². The van der Waals surface area contributed by atoms with Gasteiger partial charge in [-0.2, -0.15) is 4.98 Å². The van der Waals surface area contributed by atoms with Gasteiger partial charge in [0, 0.05) is 30.3 Å². The normalized spacial score (nSPS) is 16.4. The third-order valence-corrected chi connectivity index (χ3v) is 5.54. The summed E-state index contributed by atoms with van der Waals surface area (Å²) in [5.74, 6) is 1.01. The first-order chi connectivity index (χ1) is 13.3. The monoisotopic (exact) mass is 443 g/mol. The molecule has 0 saturated carbocycles. The summed E-state index contributed by atoms with van der Waals surface area (Å²) in [6.07, 6.45) is 0. The molecule has 0 N–H and O–H groups in total. The number of aromatic nitrogens is 4. The molecule has 3 heterocycles. The second-order valence-corrected chi connectivity index (χ2v) is 8.49.